The number of hydrogen-bond acceptors (Lipinski definition) is 6. The minimum absolute atomic E-state index is 0.142. The summed E-state index contributed by atoms with van der Waals surface area (Å²) in [5.41, 5.74) is 10.2. The lowest BCUT2D eigenvalue weighted by molar-refractivity contribution is -0.142. The number of Topliss-reactive ketones (excluding diaryl/α,β-unsaturated/α-hetero) is 1. The van der Waals surface area contributed by atoms with Gasteiger partial charge in [0.2, 0.25) is 0 Å². The van der Waals surface area contributed by atoms with Crippen molar-refractivity contribution in [1.82, 2.24) is 9.78 Å². The number of unbranched alkanes of at least 4 members (excludes halogenated alkanes) is 1. The molecule has 0 spiro atoms. The number of aryl methyl sites for hydroxylation is 2. The normalized spacial score (nSPS) is 10.3. The van der Waals surface area contributed by atoms with Crippen LogP contribution in [0.1, 0.15) is 54.1 Å². The van der Waals surface area contributed by atoms with E-state index < -0.39 is 0 Å². The molecule has 36 heavy (non-hydrogen) atoms. The van der Waals surface area contributed by atoms with Gasteiger partial charge < -0.3 is 10.5 Å². The highest BCUT2D eigenvalue weighted by molar-refractivity contribution is 5.80. The molecule has 0 amide bonds. The molecule has 0 fully saturated rings. The highest BCUT2D eigenvalue weighted by Gasteiger charge is 2.06. The molecule has 1 heterocycles. The molecule has 1 aromatic heterocycles. The van der Waals surface area contributed by atoms with Gasteiger partial charge in [0.25, 0.3) is 5.56 Å². The van der Waals surface area contributed by atoms with Crippen LogP contribution in [0, 0.1) is 13.8 Å². The first-order valence-electron chi connectivity index (χ1n) is 12.4. The summed E-state index contributed by atoms with van der Waals surface area (Å²) in [6.07, 6.45) is 3.31. The lowest BCUT2D eigenvalue weighted by Gasteiger charge is -2.07. The van der Waals surface area contributed by atoms with E-state index in [1.807, 2.05) is 62.4 Å². The molecule has 0 atom stereocenters. The Morgan fingerprint density at radius 1 is 0.917 bits per heavy atom. The second-order valence-electron chi connectivity index (χ2n) is 8.72. The molecule has 192 valence electrons. The van der Waals surface area contributed by atoms with E-state index in [9.17, 15) is 14.4 Å². The number of aromatic nitrogens is 2. The standard InChI is InChI=1S/C16H18N2O3.C13H19NO/c1-3-21-16(20)10-13-5-4-6-14(9-13)11-18-15(19)8-7-12(2)17-18;1-11-5-7-12(8-6-11)10-13(15)4-2-3-9-14/h4-9H,3,10-11H2,1-2H3;5-8H,2-4,9-10,14H2,1H3. The van der Waals surface area contributed by atoms with Crippen molar-refractivity contribution in [3.8, 4) is 0 Å². The van der Waals surface area contributed by atoms with Gasteiger partial charge in [0, 0.05) is 18.9 Å². The zero-order chi connectivity index (χ0) is 26.3. The van der Waals surface area contributed by atoms with Crippen LogP contribution in [0.5, 0.6) is 0 Å². The van der Waals surface area contributed by atoms with Crippen molar-refractivity contribution >= 4 is 11.8 Å². The molecule has 2 N–H and O–H groups in total. The lowest BCUT2D eigenvalue weighted by atomic mass is 10.0. The van der Waals surface area contributed by atoms with Gasteiger partial charge in [-0.15, -0.1) is 0 Å². The summed E-state index contributed by atoms with van der Waals surface area (Å²) in [6, 6.07) is 18.9. The van der Waals surface area contributed by atoms with Crippen LogP contribution in [-0.2, 0) is 33.7 Å². The fourth-order valence-electron chi connectivity index (χ4n) is 3.54. The first-order chi connectivity index (χ1) is 17.3. The van der Waals surface area contributed by atoms with Crippen molar-refractivity contribution in [3.63, 3.8) is 0 Å². The monoisotopic (exact) mass is 491 g/mol. The zero-order valence-electron chi connectivity index (χ0n) is 21.5. The van der Waals surface area contributed by atoms with Gasteiger partial charge in [0.1, 0.15) is 5.78 Å². The molecule has 2 aromatic carbocycles. The Morgan fingerprint density at radius 2 is 1.64 bits per heavy atom. The first-order valence-corrected chi connectivity index (χ1v) is 12.4. The van der Waals surface area contributed by atoms with Gasteiger partial charge in [-0.1, -0.05) is 54.1 Å². The van der Waals surface area contributed by atoms with Crippen LogP contribution in [0.3, 0.4) is 0 Å². The molecule has 0 saturated carbocycles. The molecule has 0 radical (unpaired) electrons. The van der Waals surface area contributed by atoms with Gasteiger partial charge in [-0.2, -0.15) is 5.10 Å². The minimum Gasteiger partial charge on any atom is -0.466 e. The van der Waals surface area contributed by atoms with E-state index in [0.29, 0.717) is 38.3 Å². The first kappa shape index (κ1) is 28.7. The molecule has 7 nitrogen and oxygen atoms in total. The quantitative estimate of drug-likeness (QED) is 0.322. The van der Waals surface area contributed by atoms with Crippen LogP contribution in [0.2, 0.25) is 0 Å². The van der Waals surface area contributed by atoms with Crippen molar-refractivity contribution in [2.75, 3.05) is 13.2 Å². The second-order valence-corrected chi connectivity index (χ2v) is 8.72. The summed E-state index contributed by atoms with van der Waals surface area (Å²) in [6.45, 7) is 7.11. The van der Waals surface area contributed by atoms with E-state index in [2.05, 4.69) is 5.10 Å². The molecule has 0 bridgehead atoms. The van der Waals surface area contributed by atoms with Crippen LogP contribution in [0.4, 0.5) is 0 Å². The Bertz CT molecular complexity index is 1170. The Hall–Kier alpha value is -3.58. The fourth-order valence-corrected chi connectivity index (χ4v) is 3.54. The van der Waals surface area contributed by atoms with Crippen LogP contribution in [0.25, 0.3) is 0 Å². The maximum absolute atomic E-state index is 11.7. The summed E-state index contributed by atoms with van der Waals surface area (Å²) >= 11 is 0. The molecule has 7 heteroatoms. The number of ketones is 1. The van der Waals surface area contributed by atoms with E-state index in [1.54, 1.807) is 13.0 Å². The van der Waals surface area contributed by atoms with Gasteiger partial charge >= 0.3 is 5.97 Å². The summed E-state index contributed by atoms with van der Waals surface area (Å²) in [5.74, 6) is 0.0628. The van der Waals surface area contributed by atoms with Crippen molar-refractivity contribution in [1.29, 1.82) is 0 Å². The van der Waals surface area contributed by atoms with Gasteiger partial charge in [0.05, 0.1) is 25.3 Å². The van der Waals surface area contributed by atoms with E-state index in [4.69, 9.17) is 10.5 Å². The number of benzene rings is 2. The fraction of sp³-hybridized carbons (Fsp3) is 0.379. The number of rotatable bonds is 11. The van der Waals surface area contributed by atoms with Crippen LogP contribution in [0.15, 0.2) is 65.5 Å². The number of nitrogens with two attached hydrogens (primary N) is 1. The maximum atomic E-state index is 11.7. The Labute approximate surface area is 213 Å². The van der Waals surface area contributed by atoms with E-state index >= 15 is 0 Å². The van der Waals surface area contributed by atoms with Crippen molar-refractivity contribution < 1.29 is 14.3 Å². The molecule has 3 rings (SSSR count). The van der Waals surface area contributed by atoms with E-state index in [0.717, 1.165) is 35.2 Å². The summed E-state index contributed by atoms with van der Waals surface area (Å²) in [4.78, 5) is 34.8. The summed E-state index contributed by atoms with van der Waals surface area (Å²) in [7, 11) is 0. The van der Waals surface area contributed by atoms with Crippen LogP contribution in [-0.4, -0.2) is 34.7 Å². The molecule has 0 unspecified atom stereocenters. The van der Waals surface area contributed by atoms with Crippen molar-refractivity contribution in [2.24, 2.45) is 5.73 Å². The molecule has 0 aliphatic carbocycles. The number of ether oxygens (including phenoxy) is 1. The summed E-state index contributed by atoms with van der Waals surface area (Å²) in [5, 5.41) is 4.20. The molecule has 0 saturated heterocycles. The number of nitrogens with zero attached hydrogens (tertiary/aromatic N) is 2. The Kier molecular flexibility index (Phi) is 12.3. The zero-order valence-corrected chi connectivity index (χ0v) is 21.5. The van der Waals surface area contributed by atoms with Gasteiger partial charge in [-0.05, 0) is 62.9 Å². The number of hydrogen-bond donors (Lipinski definition) is 1. The topological polar surface area (TPSA) is 104 Å². The largest absolute Gasteiger partial charge is 0.466 e. The average Bonchev–Trinajstić information content (AvgIpc) is 2.84. The average molecular weight is 492 g/mol. The predicted molar refractivity (Wildman–Crippen MR) is 142 cm³/mol. The molecule has 3 aromatic rings. The second kappa shape index (κ2) is 15.4. The maximum Gasteiger partial charge on any atom is 0.310 e. The predicted octanol–water partition coefficient (Wildman–Crippen LogP) is 3.94. The SMILES string of the molecule is CCOC(=O)Cc1cccc(Cn2nc(C)ccc2=O)c1.Cc1ccc(CC(=O)CCCCN)cc1. The number of esters is 1. The third kappa shape index (κ3) is 10.8. The van der Waals surface area contributed by atoms with Crippen LogP contribution >= 0.6 is 0 Å². The Morgan fingerprint density at radius 3 is 2.33 bits per heavy atom. The van der Waals surface area contributed by atoms with Crippen molar-refractivity contribution in [3.05, 3.63) is 99.0 Å². The van der Waals surface area contributed by atoms with E-state index in [1.165, 1.54) is 16.3 Å². The van der Waals surface area contributed by atoms with Crippen molar-refractivity contribution in [2.45, 2.75) is 59.4 Å². The highest BCUT2D eigenvalue weighted by atomic mass is 16.5. The minimum atomic E-state index is -0.250. The molecular formula is C29H37N3O4. The smallest absolute Gasteiger partial charge is 0.310 e. The third-order valence-electron chi connectivity index (χ3n) is 5.41. The molecule has 0 aliphatic heterocycles. The van der Waals surface area contributed by atoms with Crippen LogP contribution < -0.4 is 11.3 Å². The summed E-state index contributed by atoms with van der Waals surface area (Å²) < 4.78 is 6.35. The van der Waals surface area contributed by atoms with Gasteiger partial charge in [0.15, 0.2) is 0 Å². The lowest BCUT2D eigenvalue weighted by Crippen LogP contribution is -2.23. The van der Waals surface area contributed by atoms with Gasteiger partial charge in [-0.3, -0.25) is 14.4 Å². The molecule has 0 aliphatic rings. The molecular weight excluding hydrogens is 454 g/mol. The number of carbonyl (C=O) groups is 2. The Balaban J connectivity index is 0.000000269. The van der Waals surface area contributed by atoms with E-state index in [-0.39, 0.29) is 17.9 Å². The van der Waals surface area contributed by atoms with Gasteiger partial charge in [-0.25, -0.2) is 4.68 Å². The highest BCUT2D eigenvalue weighted by Crippen LogP contribution is 2.08. The third-order valence-corrected chi connectivity index (χ3v) is 5.41. The number of carbonyl (C=O) groups excluding carboxylic acids is 2.